The number of rotatable bonds is 2. The Kier molecular flexibility index (Phi) is 2.69. The molecule has 0 saturated carbocycles. The van der Waals surface area contributed by atoms with Crippen LogP contribution >= 0.6 is 0 Å². The van der Waals surface area contributed by atoms with Gasteiger partial charge in [0.1, 0.15) is 0 Å². The van der Waals surface area contributed by atoms with Crippen LogP contribution in [-0.4, -0.2) is 4.98 Å². The standard InChI is InChI=1S/C10H15NO/c1-4-7(2)9-5-6-11-10(12)8(9)3/h5-7H,4H2,1-3H3,(H,11,12). The predicted molar refractivity (Wildman–Crippen MR) is 50.5 cm³/mol. The highest BCUT2D eigenvalue weighted by atomic mass is 16.1. The van der Waals surface area contributed by atoms with Gasteiger partial charge in [0.2, 0.25) is 0 Å². The molecule has 0 aromatic carbocycles. The fourth-order valence-corrected chi connectivity index (χ4v) is 1.33. The fourth-order valence-electron chi connectivity index (χ4n) is 1.33. The molecule has 0 aliphatic carbocycles. The van der Waals surface area contributed by atoms with E-state index in [1.165, 1.54) is 5.56 Å². The third kappa shape index (κ3) is 1.58. The smallest absolute Gasteiger partial charge is 0.251 e. The van der Waals surface area contributed by atoms with Gasteiger partial charge >= 0.3 is 0 Å². The van der Waals surface area contributed by atoms with Crippen LogP contribution in [0.3, 0.4) is 0 Å². The van der Waals surface area contributed by atoms with Crippen molar-refractivity contribution in [1.82, 2.24) is 4.98 Å². The molecule has 2 nitrogen and oxygen atoms in total. The highest BCUT2D eigenvalue weighted by Gasteiger charge is 2.07. The summed E-state index contributed by atoms with van der Waals surface area (Å²) in [5, 5.41) is 0. The van der Waals surface area contributed by atoms with E-state index in [9.17, 15) is 4.79 Å². The first-order valence-electron chi connectivity index (χ1n) is 4.35. The normalized spacial score (nSPS) is 12.9. The van der Waals surface area contributed by atoms with Gasteiger partial charge in [-0.05, 0) is 30.9 Å². The lowest BCUT2D eigenvalue weighted by atomic mass is 9.96. The molecule has 1 atom stereocenters. The summed E-state index contributed by atoms with van der Waals surface area (Å²) in [5.41, 5.74) is 2.06. The van der Waals surface area contributed by atoms with Crippen LogP contribution in [0, 0.1) is 6.92 Å². The minimum absolute atomic E-state index is 0.0350. The van der Waals surface area contributed by atoms with E-state index in [1.54, 1.807) is 6.20 Å². The average Bonchev–Trinajstić information content (AvgIpc) is 2.08. The maximum atomic E-state index is 11.2. The van der Waals surface area contributed by atoms with Crippen molar-refractivity contribution in [3.63, 3.8) is 0 Å². The molecule has 1 unspecified atom stereocenters. The van der Waals surface area contributed by atoms with Crippen LogP contribution in [0.15, 0.2) is 17.1 Å². The maximum absolute atomic E-state index is 11.2. The van der Waals surface area contributed by atoms with Gasteiger partial charge in [0.15, 0.2) is 0 Å². The first-order valence-corrected chi connectivity index (χ1v) is 4.35. The molecule has 2 heteroatoms. The topological polar surface area (TPSA) is 32.9 Å². The van der Waals surface area contributed by atoms with Gasteiger partial charge < -0.3 is 4.98 Å². The van der Waals surface area contributed by atoms with E-state index in [0.29, 0.717) is 5.92 Å². The van der Waals surface area contributed by atoms with Crippen LogP contribution < -0.4 is 5.56 Å². The summed E-state index contributed by atoms with van der Waals surface area (Å²) in [6.45, 7) is 6.15. The van der Waals surface area contributed by atoms with E-state index in [-0.39, 0.29) is 5.56 Å². The second-order valence-corrected chi connectivity index (χ2v) is 3.20. The maximum Gasteiger partial charge on any atom is 0.251 e. The van der Waals surface area contributed by atoms with E-state index < -0.39 is 0 Å². The van der Waals surface area contributed by atoms with Crippen LogP contribution in [0.25, 0.3) is 0 Å². The highest BCUT2D eigenvalue weighted by Crippen LogP contribution is 2.18. The summed E-state index contributed by atoms with van der Waals surface area (Å²) in [6, 6.07) is 1.99. The van der Waals surface area contributed by atoms with Crippen molar-refractivity contribution < 1.29 is 0 Å². The monoisotopic (exact) mass is 165 g/mol. The van der Waals surface area contributed by atoms with E-state index >= 15 is 0 Å². The number of hydrogen-bond donors (Lipinski definition) is 1. The number of nitrogens with one attached hydrogen (secondary N) is 1. The molecule has 0 aliphatic rings. The lowest BCUT2D eigenvalue weighted by Gasteiger charge is -2.10. The van der Waals surface area contributed by atoms with Crippen LogP contribution in [-0.2, 0) is 0 Å². The minimum Gasteiger partial charge on any atom is -0.329 e. The Hall–Kier alpha value is -1.05. The van der Waals surface area contributed by atoms with E-state index in [0.717, 1.165) is 12.0 Å². The average molecular weight is 165 g/mol. The molecule has 1 aromatic rings. The van der Waals surface area contributed by atoms with Crippen molar-refractivity contribution in [2.24, 2.45) is 0 Å². The number of aromatic nitrogens is 1. The molecule has 0 bridgehead atoms. The predicted octanol–water partition coefficient (Wildman–Crippen LogP) is 2.20. The van der Waals surface area contributed by atoms with Gasteiger partial charge in [-0.15, -0.1) is 0 Å². The van der Waals surface area contributed by atoms with Crippen LogP contribution in [0.1, 0.15) is 37.3 Å². The molecule has 66 valence electrons. The van der Waals surface area contributed by atoms with Gasteiger partial charge in [0.25, 0.3) is 5.56 Å². The van der Waals surface area contributed by atoms with Crippen LogP contribution in [0.4, 0.5) is 0 Å². The summed E-state index contributed by atoms with van der Waals surface area (Å²) >= 11 is 0. The first kappa shape index (κ1) is 9.04. The molecule has 0 fully saturated rings. The second-order valence-electron chi connectivity index (χ2n) is 3.20. The molecular formula is C10H15NO. The summed E-state index contributed by atoms with van der Waals surface area (Å²) in [6.07, 6.45) is 2.79. The molecule has 0 aliphatic heterocycles. The SMILES string of the molecule is CCC(C)c1cc[nH]c(=O)c1C. The molecule has 1 N–H and O–H groups in total. The van der Waals surface area contributed by atoms with Gasteiger partial charge in [0, 0.05) is 11.8 Å². The van der Waals surface area contributed by atoms with Gasteiger partial charge in [-0.3, -0.25) is 4.79 Å². The number of H-pyrrole nitrogens is 1. The molecule has 0 amide bonds. The molecular weight excluding hydrogens is 150 g/mol. The largest absolute Gasteiger partial charge is 0.329 e. The van der Waals surface area contributed by atoms with Gasteiger partial charge in [0.05, 0.1) is 0 Å². The van der Waals surface area contributed by atoms with Crippen molar-refractivity contribution in [3.05, 3.63) is 33.7 Å². The van der Waals surface area contributed by atoms with Crippen LogP contribution in [0.2, 0.25) is 0 Å². The number of pyridine rings is 1. The lowest BCUT2D eigenvalue weighted by molar-refractivity contribution is 0.724. The van der Waals surface area contributed by atoms with Gasteiger partial charge in [-0.2, -0.15) is 0 Å². The first-order chi connectivity index (χ1) is 5.66. The minimum atomic E-state index is 0.0350. The third-order valence-electron chi connectivity index (χ3n) is 2.39. The van der Waals surface area contributed by atoms with E-state index in [4.69, 9.17) is 0 Å². The zero-order valence-electron chi connectivity index (χ0n) is 7.85. The summed E-state index contributed by atoms with van der Waals surface area (Å²) < 4.78 is 0. The quantitative estimate of drug-likeness (QED) is 0.716. The Morgan fingerprint density at radius 1 is 1.58 bits per heavy atom. The van der Waals surface area contributed by atoms with Crippen molar-refractivity contribution >= 4 is 0 Å². The Labute approximate surface area is 72.6 Å². The lowest BCUT2D eigenvalue weighted by Crippen LogP contribution is -2.12. The molecule has 0 saturated heterocycles. The Bertz CT molecular complexity index is 314. The van der Waals surface area contributed by atoms with E-state index in [1.807, 2.05) is 13.0 Å². The Morgan fingerprint density at radius 3 is 2.83 bits per heavy atom. The summed E-state index contributed by atoms with van der Waals surface area (Å²) in [5.74, 6) is 0.479. The summed E-state index contributed by atoms with van der Waals surface area (Å²) in [7, 11) is 0. The molecule has 1 heterocycles. The summed E-state index contributed by atoms with van der Waals surface area (Å²) in [4.78, 5) is 13.9. The van der Waals surface area contributed by atoms with Crippen molar-refractivity contribution in [3.8, 4) is 0 Å². The van der Waals surface area contributed by atoms with Crippen molar-refractivity contribution in [2.45, 2.75) is 33.1 Å². The second kappa shape index (κ2) is 3.57. The van der Waals surface area contributed by atoms with Gasteiger partial charge in [-0.1, -0.05) is 13.8 Å². The zero-order valence-corrected chi connectivity index (χ0v) is 7.85. The number of aromatic amines is 1. The van der Waals surface area contributed by atoms with Crippen LogP contribution in [0.5, 0.6) is 0 Å². The van der Waals surface area contributed by atoms with Crippen molar-refractivity contribution in [2.75, 3.05) is 0 Å². The van der Waals surface area contributed by atoms with Gasteiger partial charge in [-0.25, -0.2) is 0 Å². The van der Waals surface area contributed by atoms with Crippen molar-refractivity contribution in [1.29, 1.82) is 0 Å². The number of hydrogen-bond acceptors (Lipinski definition) is 1. The molecule has 1 aromatic heterocycles. The molecule has 1 rings (SSSR count). The fraction of sp³-hybridized carbons (Fsp3) is 0.500. The molecule has 0 spiro atoms. The highest BCUT2D eigenvalue weighted by molar-refractivity contribution is 5.25. The Morgan fingerprint density at radius 2 is 2.25 bits per heavy atom. The Balaban J connectivity index is 3.16. The van der Waals surface area contributed by atoms with E-state index in [2.05, 4.69) is 18.8 Å². The molecule has 0 radical (unpaired) electrons. The third-order valence-corrected chi connectivity index (χ3v) is 2.39. The zero-order chi connectivity index (χ0) is 9.14. The molecule has 12 heavy (non-hydrogen) atoms.